The van der Waals surface area contributed by atoms with Gasteiger partial charge in [-0.2, -0.15) is 0 Å². The van der Waals surface area contributed by atoms with E-state index in [-0.39, 0.29) is 5.78 Å². The summed E-state index contributed by atoms with van der Waals surface area (Å²) in [7, 11) is 0. The Morgan fingerprint density at radius 1 is 0.889 bits per heavy atom. The maximum absolute atomic E-state index is 13.2. The van der Waals surface area contributed by atoms with Crippen LogP contribution in [0.3, 0.4) is 0 Å². The Morgan fingerprint density at radius 3 is 2.00 bits per heavy atom. The van der Waals surface area contributed by atoms with Gasteiger partial charge < -0.3 is 9.47 Å². The second-order valence-electron chi connectivity index (χ2n) is 7.64. The molecule has 138 valence electrons. The number of Topliss-reactive ketones (excluding diaryl/α,β-unsaturated/α-hetero) is 1. The van der Waals surface area contributed by atoms with Crippen LogP contribution in [0, 0.1) is 18.3 Å². The van der Waals surface area contributed by atoms with Gasteiger partial charge in [0.15, 0.2) is 11.2 Å². The Labute approximate surface area is 157 Å². The van der Waals surface area contributed by atoms with E-state index < -0.39 is 35.0 Å². The lowest BCUT2D eigenvalue weighted by Gasteiger charge is -2.34. The van der Waals surface area contributed by atoms with Crippen LogP contribution >= 0.6 is 0 Å². The molecule has 0 radical (unpaired) electrons. The van der Waals surface area contributed by atoms with Crippen molar-refractivity contribution in [3.63, 3.8) is 0 Å². The van der Waals surface area contributed by atoms with Gasteiger partial charge in [-0.1, -0.05) is 60.2 Å². The van der Waals surface area contributed by atoms with Crippen molar-refractivity contribution in [1.82, 2.24) is 0 Å². The van der Waals surface area contributed by atoms with Crippen LogP contribution in [-0.4, -0.2) is 23.5 Å². The third kappa shape index (κ3) is 2.57. The third-order valence-corrected chi connectivity index (χ3v) is 5.34. The smallest absolute Gasteiger partial charge is 0.328 e. The summed E-state index contributed by atoms with van der Waals surface area (Å²) in [5, 5.41) is 0. The molecule has 2 aromatic carbocycles. The van der Waals surface area contributed by atoms with E-state index in [2.05, 4.69) is 0 Å². The molecular weight excluding hydrogens is 344 g/mol. The van der Waals surface area contributed by atoms with E-state index in [9.17, 15) is 14.4 Å². The molecule has 0 aromatic heterocycles. The van der Waals surface area contributed by atoms with Crippen molar-refractivity contribution < 1.29 is 23.9 Å². The minimum absolute atomic E-state index is 0.255. The average Bonchev–Trinajstić information content (AvgIpc) is 3.32. The van der Waals surface area contributed by atoms with Gasteiger partial charge in [-0.05, 0) is 12.5 Å². The number of aryl methyl sites for hydroxylation is 1. The molecule has 2 aliphatic rings. The van der Waals surface area contributed by atoms with Gasteiger partial charge in [0.25, 0.3) is 5.79 Å². The van der Waals surface area contributed by atoms with E-state index in [1.165, 1.54) is 13.8 Å². The van der Waals surface area contributed by atoms with Crippen molar-refractivity contribution in [3.05, 3.63) is 71.3 Å². The third-order valence-electron chi connectivity index (χ3n) is 5.34. The Morgan fingerprint density at radius 2 is 1.44 bits per heavy atom. The average molecular weight is 364 g/mol. The Bertz CT molecular complexity index is 907. The molecule has 4 rings (SSSR count). The zero-order valence-corrected chi connectivity index (χ0v) is 15.4. The van der Waals surface area contributed by atoms with E-state index in [1.807, 2.05) is 37.3 Å². The number of benzene rings is 2. The molecule has 0 bridgehead atoms. The molecule has 5 nitrogen and oxygen atoms in total. The number of esters is 2. The Hall–Kier alpha value is -2.95. The lowest BCUT2D eigenvalue weighted by molar-refractivity contribution is -0.243. The molecule has 1 aliphatic heterocycles. The fraction of sp³-hybridized carbons (Fsp3) is 0.318. The van der Waals surface area contributed by atoms with Crippen LogP contribution in [0.2, 0.25) is 0 Å². The van der Waals surface area contributed by atoms with Crippen LogP contribution in [-0.2, 0) is 19.1 Å². The van der Waals surface area contributed by atoms with Gasteiger partial charge in [-0.15, -0.1) is 0 Å². The van der Waals surface area contributed by atoms with Gasteiger partial charge >= 0.3 is 11.9 Å². The van der Waals surface area contributed by atoms with E-state index in [4.69, 9.17) is 9.47 Å². The Kier molecular flexibility index (Phi) is 3.74. The topological polar surface area (TPSA) is 69.7 Å². The molecule has 1 aliphatic carbocycles. The second-order valence-corrected chi connectivity index (χ2v) is 7.64. The molecule has 0 N–H and O–H groups in total. The van der Waals surface area contributed by atoms with Crippen LogP contribution < -0.4 is 0 Å². The molecule has 1 heterocycles. The highest BCUT2D eigenvalue weighted by atomic mass is 16.7. The van der Waals surface area contributed by atoms with Gasteiger partial charge in [0.2, 0.25) is 0 Å². The number of carbonyl (C=O) groups is 3. The molecule has 1 saturated carbocycles. The number of hydrogen-bond acceptors (Lipinski definition) is 5. The number of hydrogen-bond donors (Lipinski definition) is 0. The van der Waals surface area contributed by atoms with Crippen LogP contribution in [0.1, 0.15) is 41.3 Å². The van der Waals surface area contributed by atoms with Crippen molar-refractivity contribution in [2.75, 3.05) is 0 Å². The largest absolute Gasteiger partial charge is 0.422 e. The fourth-order valence-electron chi connectivity index (χ4n) is 3.98. The standard InChI is InChI=1S/C22H20O5/c1-13-9-11-14(12-10-13)16-17(18(23)15-7-5-4-6-8-15)22(16)19(24)26-21(2,3)27-20(22)25/h4-12,16-17H,1-3H3/t16-,17-/m0/s1. The summed E-state index contributed by atoms with van der Waals surface area (Å²) in [4.78, 5) is 39.0. The summed E-state index contributed by atoms with van der Waals surface area (Å²) in [6.07, 6.45) is 0. The van der Waals surface area contributed by atoms with Crippen LogP contribution in [0.25, 0.3) is 0 Å². The molecular formula is C22H20O5. The maximum atomic E-state index is 13.2. The molecule has 2 aromatic rings. The first-order valence-corrected chi connectivity index (χ1v) is 8.90. The normalized spacial score (nSPS) is 24.9. The molecule has 0 amide bonds. The van der Waals surface area contributed by atoms with Gasteiger partial charge in [0, 0.05) is 25.3 Å². The summed E-state index contributed by atoms with van der Waals surface area (Å²) >= 11 is 0. The van der Waals surface area contributed by atoms with Crippen molar-refractivity contribution in [2.45, 2.75) is 32.5 Å². The van der Waals surface area contributed by atoms with Crippen molar-refractivity contribution >= 4 is 17.7 Å². The molecule has 27 heavy (non-hydrogen) atoms. The van der Waals surface area contributed by atoms with E-state index in [0.29, 0.717) is 5.56 Å². The highest BCUT2D eigenvalue weighted by Crippen LogP contribution is 2.68. The molecule has 2 fully saturated rings. The highest BCUT2D eigenvalue weighted by Gasteiger charge is 2.81. The predicted octanol–water partition coefficient (Wildman–Crippen LogP) is 3.41. The van der Waals surface area contributed by atoms with Crippen molar-refractivity contribution in [3.8, 4) is 0 Å². The first kappa shape index (κ1) is 17.5. The summed E-state index contributed by atoms with van der Waals surface area (Å²) < 4.78 is 10.8. The van der Waals surface area contributed by atoms with Gasteiger partial charge in [0.1, 0.15) is 0 Å². The number of carbonyl (C=O) groups excluding carboxylic acids is 3. The lowest BCUT2D eigenvalue weighted by Crippen LogP contribution is -2.49. The minimum atomic E-state index is -1.61. The zero-order valence-electron chi connectivity index (χ0n) is 15.4. The molecule has 1 saturated heterocycles. The van der Waals surface area contributed by atoms with Gasteiger partial charge in [-0.25, -0.2) is 0 Å². The zero-order chi connectivity index (χ0) is 19.4. The number of rotatable bonds is 3. The molecule has 0 unspecified atom stereocenters. The van der Waals surface area contributed by atoms with E-state index in [0.717, 1.165) is 11.1 Å². The lowest BCUT2D eigenvalue weighted by atomic mass is 9.95. The minimum Gasteiger partial charge on any atom is -0.422 e. The quantitative estimate of drug-likeness (QED) is 0.474. The van der Waals surface area contributed by atoms with E-state index in [1.54, 1.807) is 24.3 Å². The predicted molar refractivity (Wildman–Crippen MR) is 96.9 cm³/mol. The molecule has 1 spiro atoms. The summed E-state index contributed by atoms with van der Waals surface area (Å²) in [6, 6.07) is 16.2. The number of ether oxygens (including phenoxy) is 2. The van der Waals surface area contributed by atoms with Crippen LogP contribution in [0.5, 0.6) is 0 Å². The highest BCUT2D eigenvalue weighted by molar-refractivity contribution is 6.16. The van der Waals surface area contributed by atoms with Gasteiger partial charge in [0.05, 0.1) is 5.92 Å². The number of cyclic esters (lactones) is 2. The maximum Gasteiger partial charge on any atom is 0.328 e. The molecule has 2 atom stereocenters. The first-order chi connectivity index (χ1) is 12.8. The first-order valence-electron chi connectivity index (χ1n) is 8.90. The monoisotopic (exact) mass is 364 g/mol. The van der Waals surface area contributed by atoms with E-state index >= 15 is 0 Å². The summed E-state index contributed by atoms with van der Waals surface area (Å²) in [5.41, 5.74) is 0.650. The number of ketones is 1. The molecule has 5 heteroatoms. The SMILES string of the molecule is Cc1ccc([C@H]2[C@@H](C(=O)c3ccccc3)C23C(=O)OC(C)(C)OC3=O)cc1. The summed E-state index contributed by atoms with van der Waals surface area (Å²) in [5.74, 6) is -4.40. The van der Waals surface area contributed by atoms with Crippen LogP contribution in [0.15, 0.2) is 54.6 Å². The second kappa shape index (κ2) is 5.78. The van der Waals surface area contributed by atoms with Gasteiger partial charge in [-0.3, -0.25) is 14.4 Å². The fourth-order valence-corrected chi connectivity index (χ4v) is 3.98. The Balaban J connectivity index is 1.80. The van der Waals surface area contributed by atoms with Crippen molar-refractivity contribution in [1.29, 1.82) is 0 Å². The van der Waals surface area contributed by atoms with Crippen molar-refractivity contribution in [2.24, 2.45) is 11.3 Å². The summed E-state index contributed by atoms with van der Waals surface area (Å²) in [6.45, 7) is 4.96. The van der Waals surface area contributed by atoms with Crippen LogP contribution in [0.4, 0.5) is 0 Å².